The number of carbonyl (C=O) groups is 4. The molecule has 0 spiro atoms. The zero-order valence-electron chi connectivity index (χ0n) is 19.1. The first-order valence-corrected chi connectivity index (χ1v) is 11.2. The summed E-state index contributed by atoms with van der Waals surface area (Å²) >= 11 is 0. The first-order valence-electron chi connectivity index (χ1n) is 11.2. The van der Waals surface area contributed by atoms with E-state index >= 15 is 0 Å². The minimum Gasteiger partial charge on any atom is -0.457 e. The number of imide groups is 2. The number of hydrogen-bond donors (Lipinski definition) is 0. The Bertz CT molecular complexity index is 1590. The number of anilines is 1. The van der Waals surface area contributed by atoms with Gasteiger partial charge in [0, 0.05) is 7.05 Å². The standard InChI is InChI=1S/C29H18N2O5/c1-30-26(32)22-13-7-17(15-24(22)27(30)33)18-8-14-23-25(16-18)29(35)31(28(23)34)19-9-11-21(12-10-19)36-20-5-3-2-4-6-20/h2-16H,1H3. The molecule has 0 radical (unpaired) electrons. The van der Waals surface area contributed by atoms with Gasteiger partial charge in [0.15, 0.2) is 0 Å². The Labute approximate surface area is 206 Å². The molecule has 0 saturated heterocycles. The van der Waals surface area contributed by atoms with Crippen LogP contribution in [0.4, 0.5) is 5.69 Å². The van der Waals surface area contributed by atoms with Crippen LogP contribution in [-0.4, -0.2) is 35.6 Å². The molecule has 36 heavy (non-hydrogen) atoms. The fourth-order valence-electron chi connectivity index (χ4n) is 4.48. The molecule has 0 bridgehead atoms. The van der Waals surface area contributed by atoms with Gasteiger partial charge in [-0.1, -0.05) is 30.3 Å². The summed E-state index contributed by atoms with van der Waals surface area (Å²) < 4.78 is 5.79. The predicted molar refractivity (Wildman–Crippen MR) is 132 cm³/mol. The van der Waals surface area contributed by atoms with Crippen LogP contribution in [0, 0.1) is 0 Å². The van der Waals surface area contributed by atoms with Crippen molar-refractivity contribution < 1.29 is 23.9 Å². The van der Waals surface area contributed by atoms with Crippen molar-refractivity contribution in [2.24, 2.45) is 0 Å². The van der Waals surface area contributed by atoms with Crippen LogP contribution in [0.25, 0.3) is 11.1 Å². The smallest absolute Gasteiger partial charge is 0.266 e. The molecule has 0 unspecified atom stereocenters. The molecule has 0 N–H and O–H groups in total. The van der Waals surface area contributed by atoms with Gasteiger partial charge in [0.25, 0.3) is 23.6 Å². The van der Waals surface area contributed by atoms with E-state index in [9.17, 15) is 19.2 Å². The lowest BCUT2D eigenvalue weighted by Crippen LogP contribution is -2.29. The lowest BCUT2D eigenvalue weighted by molar-refractivity contribution is 0.0692. The number of fused-ring (bicyclic) bond motifs is 2. The zero-order chi connectivity index (χ0) is 25.0. The Morgan fingerprint density at radius 1 is 0.528 bits per heavy atom. The van der Waals surface area contributed by atoms with Gasteiger partial charge in [-0.25, -0.2) is 4.90 Å². The highest BCUT2D eigenvalue weighted by Gasteiger charge is 2.37. The molecule has 2 aliphatic rings. The van der Waals surface area contributed by atoms with E-state index in [1.165, 1.54) is 7.05 Å². The summed E-state index contributed by atoms with van der Waals surface area (Å²) in [4.78, 5) is 53.1. The summed E-state index contributed by atoms with van der Waals surface area (Å²) in [5.41, 5.74) is 3.04. The highest BCUT2D eigenvalue weighted by Crippen LogP contribution is 2.34. The summed E-state index contributed by atoms with van der Waals surface area (Å²) in [5.74, 6) is -0.278. The molecule has 7 nitrogen and oxygen atoms in total. The minimum atomic E-state index is -0.430. The fourth-order valence-corrected chi connectivity index (χ4v) is 4.48. The van der Waals surface area contributed by atoms with Crippen LogP contribution in [0.2, 0.25) is 0 Å². The summed E-state index contributed by atoms with van der Waals surface area (Å²) in [6.45, 7) is 0. The molecule has 4 aromatic carbocycles. The highest BCUT2D eigenvalue weighted by atomic mass is 16.5. The quantitative estimate of drug-likeness (QED) is 0.381. The van der Waals surface area contributed by atoms with E-state index in [4.69, 9.17) is 4.74 Å². The largest absolute Gasteiger partial charge is 0.457 e. The van der Waals surface area contributed by atoms with Gasteiger partial charge in [-0.05, 0) is 71.8 Å². The molecule has 0 aliphatic carbocycles. The van der Waals surface area contributed by atoms with E-state index in [-0.39, 0.29) is 17.4 Å². The van der Waals surface area contributed by atoms with Gasteiger partial charge in [-0.15, -0.1) is 0 Å². The van der Waals surface area contributed by atoms with Gasteiger partial charge < -0.3 is 4.74 Å². The van der Waals surface area contributed by atoms with Gasteiger partial charge in [-0.2, -0.15) is 0 Å². The van der Waals surface area contributed by atoms with Crippen molar-refractivity contribution >= 4 is 29.3 Å². The number of amides is 4. The third kappa shape index (κ3) is 3.29. The van der Waals surface area contributed by atoms with Gasteiger partial charge in [-0.3, -0.25) is 24.1 Å². The second-order valence-electron chi connectivity index (χ2n) is 8.54. The number of para-hydroxylation sites is 1. The van der Waals surface area contributed by atoms with Crippen molar-refractivity contribution in [2.75, 3.05) is 11.9 Å². The summed E-state index contributed by atoms with van der Waals surface area (Å²) in [6, 6.07) is 26.0. The average molecular weight is 474 g/mol. The van der Waals surface area contributed by atoms with E-state index in [1.54, 1.807) is 60.7 Å². The third-order valence-corrected chi connectivity index (χ3v) is 6.38. The van der Waals surface area contributed by atoms with Crippen LogP contribution in [0.3, 0.4) is 0 Å². The maximum atomic E-state index is 13.3. The molecule has 2 aliphatic heterocycles. The molecular formula is C29H18N2O5. The number of benzene rings is 4. The monoisotopic (exact) mass is 474 g/mol. The SMILES string of the molecule is CN1C(=O)c2ccc(-c3ccc4c(c3)C(=O)N(c3ccc(Oc5ccccc5)cc3)C4=O)cc2C1=O. The third-order valence-electron chi connectivity index (χ3n) is 6.38. The van der Waals surface area contributed by atoms with E-state index < -0.39 is 11.8 Å². The number of carbonyl (C=O) groups excluding carboxylic acids is 4. The second-order valence-corrected chi connectivity index (χ2v) is 8.54. The van der Waals surface area contributed by atoms with Crippen molar-refractivity contribution in [1.82, 2.24) is 4.90 Å². The summed E-state index contributed by atoms with van der Waals surface area (Å²) in [5, 5.41) is 0. The van der Waals surface area contributed by atoms with Crippen LogP contribution in [-0.2, 0) is 0 Å². The summed E-state index contributed by atoms with van der Waals surface area (Å²) in [7, 11) is 1.44. The molecule has 0 atom stereocenters. The number of nitrogens with zero attached hydrogens (tertiary/aromatic N) is 2. The van der Waals surface area contributed by atoms with Crippen LogP contribution < -0.4 is 9.64 Å². The molecule has 0 saturated carbocycles. The van der Waals surface area contributed by atoms with E-state index in [0.717, 1.165) is 9.80 Å². The van der Waals surface area contributed by atoms with Crippen LogP contribution in [0.5, 0.6) is 11.5 Å². The molecule has 0 aromatic heterocycles. The average Bonchev–Trinajstić information content (AvgIpc) is 3.29. The predicted octanol–water partition coefficient (Wildman–Crippen LogP) is 5.17. The van der Waals surface area contributed by atoms with Crippen molar-refractivity contribution in [1.29, 1.82) is 0 Å². The Balaban J connectivity index is 1.29. The van der Waals surface area contributed by atoms with Crippen molar-refractivity contribution in [3.63, 3.8) is 0 Å². The normalized spacial score (nSPS) is 14.4. The van der Waals surface area contributed by atoms with Crippen LogP contribution in [0.1, 0.15) is 41.4 Å². The Morgan fingerprint density at radius 3 is 1.67 bits per heavy atom. The highest BCUT2D eigenvalue weighted by molar-refractivity contribution is 6.34. The lowest BCUT2D eigenvalue weighted by atomic mass is 9.97. The first kappa shape index (κ1) is 21.5. The molecule has 174 valence electrons. The van der Waals surface area contributed by atoms with Crippen LogP contribution >= 0.6 is 0 Å². The maximum Gasteiger partial charge on any atom is 0.266 e. The molecular weight excluding hydrogens is 456 g/mol. The Kier molecular flexibility index (Phi) is 4.79. The molecule has 7 heteroatoms. The lowest BCUT2D eigenvalue weighted by Gasteiger charge is -2.14. The summed E-state index contributed by atoms with van der Waals surface area (Å²) in [6.07, 6.45) is 0. The number of hydrogen-bond acceptors (Lipinski definition) is 5. The van der Waals surface area contributed by atoms with Crippen LogP contribution in [0.15, 0.2) is 91.0 Å². The molecule has 2 heterocycles. The van der Waals surface area contributed by atoms with Gasteiger partial charge in [0.2, 0.25) is 0 Å². The van der Waals surface area contributed by atoms with Crippen molar-refractivity contribution in [2.45, 2.75) is 0 Å². The maximum absolute atomic E-state index is 13.3. The number of ether oxygens (including phenoxy) is 1. The second kappa shape index (κ2) is 8.02. The van der Waals surface area contributed by atoms with Crippen molar-refractivity contribution in [3.05, 3.63) is 113 Å². The van der Waals surface area contributed by atoms with Gasteiger partial charge in [0.1, 0.15) is 11.5 Å². The molecule has 6 rings (SSSR count). The van der Waals surface area contributed by atoms with Gasteiger partial charge in [0.05, 0.1) is 27.9 Å². The number of rotatable bonds is 4. The molecule has 4 aromatic rings. The first-order chi connectivity index (χ1) is 17.4. The van der Waals surface area contributed by atoms with Crippen molar-refractivity contribution in [3.8, 4) is 22.6 Å². The minimum absolute atomic E-state index is 0.280. The Hall–Kier alpha value is -5.04. The topological polar surface area (TPSA) is 84.0 Å². The van der Waals surface area contributed by atoms with E-state index in [1.807, 2.05) is 30.3 Å². The fraction of sp³-hybridized carbons (Fsp3) is 0.0345. The van der Waals surface area contributed by atoms with E-state index in [0.29, 0.717) is 45.0 Å². The zero-order valence-corrected chi connectivity index (χ0v) is 19.1. The molecule has 4 amide bonds. The van der Waals surface area contributed by atoms with E-state index in [2.05, 4.69) is 0 Å². The Morgan fingerprint density at radius 2 is 1.03 bits per heavy atom. The van der Waals surface area contributed by atoms with Gasteiger partial charge >= 0.3 is 0 Å². The molecule has 0 fully saturated rings.